The second-order valence-electron chi connectivity index (χ2n) is 5.29. The third-order valence-corrected chi connectivity index (χ3v) is 4.16. The first-order valence-electron chi connectivity index (χ1n) is 7.02. The maximum atomic E-state index is 13.2. The minimum Gasteiger partial charge on any atom is -0.322 e. The Morgan fingerprint density at radius 3 is 2.61 bits per heavy atom. The van der Waals surface area contributed by atoms with E-state index in [1.807, 2.05) is 20.1 Å². The molecule has 0 atom stereocenters. The lowest BCUT2D eigenvalue weighted by molar-refractivity contribution is 0.102. The number of anilines is 1. The third kappa shape index (κ3) is 4.00. The van der Waals surface area contributed by atoms with E-state index in [2.05, 4.69) is 15.3 Å². The van der Waals surface area contributed by atoms with Crippen molar-refractivity contribution in [2.24, 2.45) is 0 Å². The number of nitrogens with zero attached hydrogens (tertiary/aromatic N) is 2. The first-order chi connectivity index (χ1) is 10.8. The molecule has 23 heavy (non-hydrogen) atoms. The molecule has 0 fully saturated rings. The van der Waals surface area contributed by atoms with Crippen LogP contribution in [0.2, 0.25) is 5.02 Å². The van der Waals surface area contributed by atoms with Crippen LogP contribution >= 0.6 is 23.4 Å². The summed E-state index contributed by atoms with van der Waals surface area (Å²) in [5, 5.41) is 3.28. The van der Waals surface area contributed by atoms with Gasteiger partial charge in [0, 0.05) is 11.6 Å². The van der Waals surface area contributed by atoms with Crippen molar-refractivity contribution in [1.29, 1.82) is 0 Å². The Morgan fingerprint density at radius 2 is 2.04 bits per heavy atom. The van der Waals surface area contributed by atoms with E-state index in [9.17, 15) is 9.18 Å². The molecule has 0 unspecified atom stereocenters. The van der Waals surface area contributed by atoms with E-state index in [4.69, 9.17) is 11.6 Å². The number of rotatable bonds is 4. The molecule has 1 aromatic carbocycles. The van der Waals surface area contributed by atoms with Gasteiger partial charge >= 0.3 is 0 Å². The summed E-state index contributed by atoms with van der Waals surface area (Å²) in [6, 6.07) is 4.03. The van der Waals surface area contributed by atoms with Crippen molar-refractivity contribution in [1.82, 2.24) is 9.97 Å². The van der Waals surface area contributed by atoms with Crippen LogP contribution in [0.5, 0.6) is 0 Å². The van der Waals surface area contributed by atoms with Crippen LogP contribution < -0.4 is 5.32 Å². The summed E-state index contributed by atoms with van der Waals surface area (Å²) in [5.74, 6) is 0.000873. The number of hydrogen-bond acceptors (Lipinski definition) is 4. The molecule has 1 amide bonds. The van der Waals surface area contributed by atoms with E-state index in [-0.39, 0.29) is 16.8 Å². The third-order valence-electron chi connectivity index (χ3n) is 3.19. The Balaban J connectivity index is 2.36. The molecule has 0 bridgehead atoms. The summed E-state index contributed by atoms with van der Waals surface area (Å²) in [5.41, 5.74) is 1.45. The molecule has 2 aromatic rings. The molecule has 0 saturated carbocycles. The number of hydrogen-bond donors (Lipinski definition) is 1. The first-order valence-corrected chi connectivity index (χ1v) is 8.62. The minimum absolute atomic E-state index is 0.0454. The summed E-state index contributed by atoms with van der Waals surface area (Å²) >= 11 is 7.12. The molecule has 1 heterocycles. The lowest BCUT2D eigenvalue weighted by Crippen LogP contribution is -2.18. The summed E-state index contributed by atoms with van der Waals surface area (Å²) in [4.78, 5) is 21.4. The number of aromatic nitrogens is 2. The van der Waals surface area contributed by atoms with E-state index < -0.39 is 5.82 Å². The van der Waals surface area contributed by atoms with Crippen LogP contribution in [0.25, 0.3) is 0 Å². The molecular formula is C16H17ClFN3OS. The van der Waals surface area contributed by atoms with Gasteiger partial charge in [-0.25, -0.2) is 14.4 Å². The second-order valence-corrected chi connectivity index (χ2v) is 6.49. The van der Waals surface area contributed by atoms with Gasteiger partial charge in [-0.2, -0.15) is 0 Å². The number of carbonyl (C=O) groups excluding carboxylic acids is 1. The molecule has 122 valence electrons. The van der Waals surface area contributed by atoms with Crippen molar-refractivity contribution in [3.05, 3.63) is 46.1 Å². The van der Waals surface area contributed by atoms with E-state index in [0.717, 1.165) is 0 Å². The van der Waals surface area contributed by atoms with E-state index >= 15 is 0 Å². The van der Waals surface area contributed by atoms with Crippen molar-refractivity contribution in [2.75, 3.05) is 11.6 Å². The van der Waals surface area contributed by atoms with E-state index in [1.54, 1.807) is 6.92 Å². The summed E-state index contributed by atoms with van der Waals surface area (Å²) < 4.78 is 13.2. The van der Waals surface area contributed by atoms with Gasteiger partial charge in [0.2, 0.25) is 0 Å². The molecule has 0 radical (unpaired) electrons. The summed E-state index contributed by atoms with van der Waals surface area (Å²) in [6.07, 6.45) is 1.86. The van der Waals surface area contributed by atoms with Crippen LogP contribution in [0, 0.1) is 12.7 Å². The van der Waals surface area contributed by atoms with Crippen molar-refractivity contribution in [2.45, 2.75) is 31.7 Å². The second kappa shape index (κ2) is 7.27. The Bertz CT molecular complexity index is 752. The molecule has 7 heteroatoms. The van der Waals surface area contributed by atoms with Crippen LogP contribution in [-0.4, -0.2) is 22.1 Å². The molecule has 0 spiro atoms. The maximum Gasteiger partial charge on any atom is 0.260 e. The van der Waals surface area contributed by atoms with E-state index in [0.29, 0.717) is 27.8 Å². The highest BCUT2D eigenvalue weighted by molar-refractivity contribution is 7.98. The van der Waals surface area contributed by atoms with Crippen LogP contribution in [0.4, 0.5) is 10.1 Å². The van der Waals surface area contributed by atoms with Gasteiger partial charge in [0.1, 0.15) is 16.7 Å². The molecular weight excluding hydrogens is 337 g/mol. The normalized spacial score (nSPS) is 10.9. The molecule has 1 aromatic heterocycles. The quantitative estimate of drug-likeness (QED) is 0.640. The molecule has 0 aliphatic carbocycles. The highest BCUT2D eigenvalue weighted by Crippen LogP contribution is 2.25. The number of nitrogens with one attached hydrogen (secondary N) is 1. The number of amides is 1. The van der Waals surface area contributed by atoms with Gasteiger partial charge < -0.3 is 5.32 Å². The van der Waals surface area contributed by atoms with Crippen molar-refractivity contribution in [3.8, 4) is 0 Å². The SMILES string of the molecule is CSc1nc(C(C)C)nc(C)c1C(=O)Nc1ccc(F)c(Cl)c1. The van der Waals surface area contributed by atoms with Crippen LogP contribution in [0.3, 0.4) is 0 Å². The Hall–Kier alpha value is -1.66. The fourth-order valence-corrected chi connectivity index (χ4v) is 2.81. The van der Waals surface area contributed by atoms with Gasteiger partial charge in [0.05, 0.1) is 16.3 Å². The monoisotopic (exact) mass is 353 g/mol. The number of thioether (sulfide) groups is 1. The average molecular weight is 354 g/mol. The molecule has 1 N–H and O–H groups in total. The number of benzene rings is 1. The van der Waals surface area contributed by atoms with Gasteiger partial charge in [-0.05, 0) is 31.4 Å². The smallest absolute Gasteiger partial charge is 0.260 e. The molecule has 2 rings (SSSR count). The van der Waals surface area contributed by atoms with Gasteiger partial charge in [-0.3, -0.25) is 4.79 Å². The predicted octanol–water partition coefficient (Wildman–Crippen LogP) is 4.68. The average Bonchev–Trinajstić information content (AvgIpc) is 2.49. The van der Waals surface area contributed by atoms with Crippen LogP contribution in [0.1, 0.15) is 41.6 Å². The highest BCUT2D eigenvalue weighted by Gasteiger charge is 2.19. The topological polar surface area (TPSA) is 54.9 Å². The zero-order chi connectivity index (χ0) is 17.1. The number of aryl methyl sites for hydroxylation is 1. The van der Waals surface area contributed by atoms with Gasteiger partial charge in [0.25, 0.3) is 5.91 Å². The number of halogens is 2. The molecule has 0 saturated heterocycles. The molecule has 0 aliphatic heterocycles. The van der Waals surface area contributed by atoms with Crippen molar-refractivity contribution < 1.29 is 9.18 Å². The van der Waals surface area contributed by atoms with Gasteiger partial charge in [-0.15, -0.1) is 11.8 Å². The summed E-state index contributed by atoms with van der Waals surface area (Å²) in [6.45, 7) is 5.78. The Kier molecular flexibility index (Phi) is 5.59. The van der Waals surface area contributed by atoms with Crippen LogP contribution in [0.15, 0.2) is 23.2 Å². The Labute approximate surface area is 143 Å². The van der Waals surface area contributed by atoms with Crippen LogP contribution in [-0.2, 0) is 0 Å². The van der Waals surface area contributed by atoms with Gasteiger partial charge in [0.15, 0.2) is 0 Å². The fourth-order valence-electron chi connectivity index (χ4n) is 2.00. The largest absolute Gasteiger partial charge is 0.322 e. The molecule has 0 aliphatic rings. The first kappa shape index (κ1) is 17.7. The maximum absolute atomic E-state index is 13.2. The highest BCUT2D eigenvalue weighted by atomic mass is 35.5. The predicted molar refractivity (Wildman–Crippen MR) is 92.0 cm³/mol. The zero-order valence-electron chi connectivity index (χ0n) is 13.3. The standard InChI is InChI=1S/C16H17ClFN3OS/c1-8(2)14-19-9(3)13(16(21-14)23-4)15(22)20-10-5-6-12(18)11(17)7-10/h5-8H,1-4H3,(H,20,22). The lowest BCUT2D eigenvalue weighted by Gasteiger charge is -2.13. The van der Waals surface area contributed by atoms with Gasteiger partial charge in [-0.1, -0.05) is 25.4 Å². The lowest BCUT2D eigenvalue weighted by atomic mass is 10.1. The number of carbonyl (C=O) groups is 1. The van der Waals surface area contributed by atoms with Crippen molar-refractivity contribution >= 4 is 35.0 Å². The van der Waals surface area contributed by atoms with Crippen molar-refractivity contribution in [3.63, 3.8) is 0 Å². The Morgan fingerprint density at radius 1 is 1.35 bits per heavy atom. The van der Waals surface area contributed by atoms with E-state index in [1.165, 1.54) is 30.0 Å². The minimum atomic E-state index is -0.532. The zero-order valence-corrected chi connectivity index (χ0v) is 14.8. The summed E-state index contributed by atoms with van der Waals surface area (Å²) in [7, 11) is 0. The molecule has 4 nitrogen and oxygen atoms in total. The fraction of sp³-hybridized carbons (Fsp3) is 0.312.